The number of hydrogen-bond donors (Lipinski definition) is 1. The maximum absolute atomic E-state index is 12.3. The van der Waals surface area contributed by atoms with Gasteiger partial charge in [-0.15, -0.1) is 11.3 Å². The number of likely N-dealkylation sites (tertiary alicyclic amines) is 1. The minimum absolute atomic E-state index is 0.00238. The van der Waals surface area contributed by atoms with Gasteiger partial charge in [0.1, 0.15) is 0 Å². The quantitative estimate of drug-likeness (QED) is 0.556. The summed E-state index contributed by atoms with van der Waals surface area (Å²) in [5.41, 5.74) is 1.05. The largest absolute Gasteiger partial charge is 0.352 e. The molecular weight excluding hydrogens is 427 g/mol. The van der Waals surface area contributed by atoms with Crippen molar-refractivity contribution >= 4 is 46.4 Å². The Morgan fingerprint density at radius 2 is 1.97 bits per heavy atom. The summed E-state index contributed by atoms with van der Waals surface area (Å²) in [5.74, 6) is 0.232. The van der Waals surface area contributed by atoms with E-state index in [9.17, 15) is 9.59 Å². The maximum Gasteiger partial charge on any atom is 0.261 e. The number of nitrogens with one attached hydrogen (secondary N) is 1. The average molecular weight is 453 g/mol. The summed E-state index contributed by atoms with van der Waals surface area (Å²) >= 11 is 13.7. The molecule has 4 nitrogen and oxygen atoms in total. The van der Waals surface area contributed by atoms with Gasteiger partial charge in [-0.2, -0.15) is 0 Å². The van der Waals surface area contributed by atoms with Crippen molar-refractivity contribution in [2.24, 2.45) is 0 Å². The molecule has 156 valence electrons. The van der Waals surface area contributed by atoms with Crippen LogP contribution in [0.5, 0.6) is 0 Å². The summed E-state index contributed by atoms with van der Waals surface area (Å²) in [6, 6.07) is 9.76. The zero-order valence-electron chi connectivity index (χ0n) is 16.5. The second-order valence-corrected chi connectivity index (χ2v) is 9.37. The van der Waals surface area contributed by atoms with Gasteiger partial charge in [-0.05, 0) is 74.9 Å². The fraction of sp³-hybridized carbons (Fsp3) is 0.455. The fourth-order valence-electron chi connectivity index (χ4n) is 3.80. The highest BCUT2D eigenvalue weighted by atomic mass is 35.5. The summed E-state index contributed by atoms with van der Waals surface area (Å²) in [5, 5.41) is 4.08. The Labute approximate surface area is 186 Å². The number of halogens is 2. The zero-order valence-corrected chi connectivity index (χ0v) is 18.9. The van der Waals surface area contributed by atoms with E-state index in [2.05, 4.69) is 5.32 Å². The first kappa shape index (κ1) is 22.1. The monoisotopic (exact) mass is 452 g/mol. The first-order valence-electron chi connectivity index (χ1n) is 10.1. The van der Waals surface area contributed by atoms with E-state index >= 15 is 0 Å². The third kappa shape index (κ3) is 6.21. The Morgan fingerprint density at radius 3 is 2.69 bits per heavy atom. The van der Waals surface area contributed by atoms with Crippen LogP contribution in [0.2, 0.25) is 10.0 Å². The van der Waals surface area contributed by atoms with Crippen LogP contribution >= 0.6 is 34.5 Å². The fourth-order valence-corrected chi connectivity index (χ4v) is 5.34. The van der Waals surface area contributed by atoms with E-state index < -0.39 is 0 Å². The highest BCUT2D eigenvalue weighted by Crippen LogP contribution is 2.26. The SMILES string of the molecule is CCNC(=O)c1ccc(CCCC2CCC(=O)N2CCc2cc(Cl)cc(Cl)c2)s1. The van der Waals surface area contributed by atoms with Crippen LogP contribution < -0.4 is 5.32 Å². The number of carbonyl (C=O) groups excluding carboxylic acids is 2. The van der Waals surface area contributed by atoms with Crippen LogP contribution in [0.1, 0.15) is 52.7 Å². The Bertz CT molecular complexity index is 848. The molecule has 0 spiro atoms. The molecule has 0 saturated carbocycles. The van der Waals surface area contributed by atoms with Crippen LogP contribution in [0.4, 0.5) is 0 Å². The molecule has 0 bridgehead atoms. The molecule has 1 atom stereocenters. The molecule has 1 aliphatic rings. The number of thiophene rings is 1. The van der Waals surface area contributed by atoms with Crippen LogP contribution in [0.25, 0.3) is 0 Å². The maximum atomic E-state index is 12.3. The summed E-state index contributed by atoms with van der Waals surface area (Å²) in [6.07, 6.45) is 5.23. The predicted octanol–water partition coefficient (Wildman–Crippen LogP) is 5.36. The highest BCUT2D eigenvalue weighted by Gasteiger charge is 2.30. The van der Waals surface area contributed by atoms with Crippen molar-refractivity contribution in [3.63, 3.8) is 0 Å². The second kappa shape index (κ2) is 10.5. The second-order valence-electron chi connectivity index (χ2n) is 7.32. The molecule has 1 aromatic carbocycles. The van der Waals surface area contributed by atoms with Gasteiger partial charge in [0.25, 0.3) is 5.91 Å². The van der Waals surface area contributed by atoms with Gasteiger partial charge < -0.3 is 10.2 Å². The third-order valence-electron chi connectivity index (χ3n) is 5.20. The number of carbonyl (C=O) groups is 2. The smallest absolute Gasteiger partial charge is 0.261 e. The van der Waals surface area contributed by atoms with Crippen LogP contribution in [-0.4, -0.2) is 35.8 Å². The van der Waals surface area contributed by atoms with Crippen molar-refractivity contribution in [3.05, 3.63) is 55.7 Å². The molecule has 1 aliphatic heterocycles. The Kier molecular flexibility index (Phi) is 7.99. The van der Waals surface area contributed by atoms with E-state index in [0.29, 0.717) is 35.6 Å². The highest BCUT2D eigenvalue weighted by molar-refractivity contribution is 7.14. The molecule has 0 radical (unpaired) electrons. The van der Waals surface area contributed by atoms with Crippen LogP contribution in [0, 0.1) is 0 Å². The summed E-state index contributed by atoms with van der Waals surface area (Å²) in [7, 11) is 0. The van der Waals surface area contributed by atoms with Crippen molar-refractivity contribution in [1.82, 2.24) is 10.2 Å². The van der Waals surface area contributed by atoms with Crippen molar-refractivity contribution in [2.45, 2.75) is 51.5 Å². The number of nitrogens with zero attached hydrogens (tertiary/aromatic N) is 1. The Morgan fingerprint density at radius 1 is 1.21 bits per heavy atom. The topological polar surface area (TPSA) is 49.4 Å². The van der Waals surface area contributed by atoms with Gasteiger partial charge in [0.2, 0.25) is 5.91 Å². The molecule has 1 aromatic heterocycles. The minimum Gasteiger partial charge on any atom is -0.352 e. The first-order chi connectivity index (χ1) is 14.0. The van der Waals surface area contributed by atoms with E-state index in [-0.39, 0.29) is 11.8 Å². The lowest BCUT2D eigenvalue weighted by molar-refractivity contribution is -0.129. The van der Waals surface area contributed by atoms with Crippen molar-refractivity contribution in [3.8, 4) is 0 Å². The van der Waals surface area contributed by atoms with Gasteiger partial charge in [-0.25, -0.2) is 0 Å². The third-order valence-corrected chi connectivity index (χ3v) is 6.78. The van der Waals surface area contributed by atoms with Gasteiger partial charge in [0.15, 0.2) is 0 Å². The van der Waals surface area contributed by atoms with E-state index in [1.807, 2.05) is 36.1 Å². The average Bonchev–Trinajstić information content (AvgIpc) is 3.27. The lowest BCUT2D eigenvalue weighted by Gasteiger charge is -2.25. The molecule has 1 unspecified atom stereocenters. The molecule has 7 heteroatoms. The molecule has 29 heavy (non-hydrogen) atoms. The number of rotatable bonds is 9. The van der Waals surface area contributed by atoms with Crippen molar-refractivity contribution in [1.29, 1.82) is 0 Å². The number of benzene rings is 1. The lowest BCUT2D eigenvalue weighted by Crippen LogP contribution is -2.34. The zero-order chi connectivity index (χ0) is 20.8. The molecule has 1 fully saturated rings. The number of amides is 2. The van der Waals surface area contributed by atoms with Gasteiger partial charge >= 0.3 is 0 Å². The van der Waals surface area contributed by atoms with E-state index in [1.54, 1.807) is 17.4 Å². The van der Waals surface area contributed by atoms with Gasteiger partial charge in [-0.3, -0.25) is 9.59 Å². The first-order valence-corrected chi connectivity index (χ1v) is 11.6. The lowest BCUT2D eigenvalue weighted by atomic mass is 10.1. The van der Waals surface area contributed by atoms with Crippen LogP contribution in [-0.2, 0) is 17.6 Å². The van der Waals surface area contributed by atoms with Crippen molar-refractivity contribution < 1.29 is 9.59 Å². The Balaban J connectivity index is 1.49. The van der Waals surface area contributed by atoms with E-state index in [1.165, 1.54) is 4.88 Å². The van der Waals surface area contributed by atoms with Gasteiger partial charge in [0, 0.05) is 40.5 Å². The summed E-state index contributed by atoms with van der Waals surface area (Å²) in [6.45, 7) is 3.25. The van der Waals surface area contributed by atoms with Gasteiger partial charge in [0.05, 0.1) is 4.88 Å². The molecule has 1 saturated heterocycles. The van der Waals surface area contributed by atoms with Crippen LogP contribution in [0.3, 0.4) is 0 Å². The normalized spacial score (nSPS) is 16.4. The Hall–Kier alpha value is -1.56. The summed E-state index contributed by atoms with van der Waals surface area (Å²) < 4.78 is 0. The van der Waals surface area contributed by atoms with Crippen LogP contribution in [0.15, 0.2) is 30.3 Å². The van der Waals surface area contributed by atoms with E-state index in [0.717, 1.165) is 42.5 Å². The van der Waals surface area contributed by atoms with E-state index in [4.69, 9.17) is 23.2 Å². The molecule has 3 rings (SSSR count). The molecule has 0 aliphatic carbocycles. The van der Waals surface area contributed by atoms with Gasteiger partial charge in [-0.1, -0.05) is 23.2 Å². The molecule has 2 aromatic rings. The minimum atomic E-state index is -0.00238. The molecule has 2 amide bonds. The van der Waals surface area contributed by atoms with Crippen molar-refractivity contribution in [2.75, 3.05) is 13.1 Å². The summed E-state index contributed by atoms with van der Waals surface area (Å²) in [4.78, 5) is 28.2. The predicted molar refractivity (Wildman–Crippen MR) is 120 cm³/mol. The molecular formula is C22H26Cl2N2O2S. The molecule has 2 heterocycles. The number of aryl methyl sites for hydroxylation is 1. The number of hydrogen-bond acceptors (Lipinski definition) is 3. The molecule has 1 N–H and O–H groups in total. The standard InChI is InChI=1S/C22H26Cl2N2O2S/c1-2-25-22(28)20-8-7-19(29-20)5-3-4-18-6-9-21(27)26(18)11-10-15-12-16(23)14-17(24)13-15/h7-8,12-14,18H,2-6,9-11H2,1H3,(H,25,28).